The number of likely N-dealkylation sites (tertiary alicyclic amines) is 1. The highest BCUT2D eigenvalue weighted by Gasteiger charge is 2.43. The molecule has 3 rings (SSSR count). The van der Waals surface area contributed by atoms with E-state index in [2.05, 4.69) is 41.1 Å². The molecule has 0 amide bonds. The van der Waals surface area contributed by atoms with E-state index in [1.165, 1.54) is 11.3 Å². The number of carbonyl (C=O) groups is 1. The number of hydrogen-bond acceptors (Lipinski definition) is 3. The number of benzene rings is 1. The van der Waals surface area contributed by atoms with Crippen LogP contribution < -0.4 is 4.90 Å². The molecule has 2 heterocycles. The van der Waals surface area contributed by atoms with Crippen molar-refractivity contribution < 1.29 is 9.90 Å². The number of aliphatic carboxylic acids is 1. The number of rotatable bonds is 2. The molecule has 4 heteroatoms. The Morgan fingerprint density at radius 2 is 1.70 bits per heavy atom. The maximum atomic E-state index is 10.8. The molecular formula is C19H32N2O2. The summed E-state index contributed by atoms with van der Waals surface area (Å²) in [5.74, 6) is -0.722. The monoisotopic (exact) mass is 320 g/mol. The normalized spacial score (nSPS) is 18.4. The molecule has 1 N–H and O–H groups in total. The number of carboxylic acid groups (broad SMARTS) is 1. The van der Waals surface area contributed by atoms with E-state index in [4.69, 9.17) is 5.11 Å². The Kier molecular flexibility index (Phi) is 7.56. The average Bonchev–Trinajstić information content (AvgIpc) is 2.86. The predicted octanol–water partition coefficient (Wildman–Crippen LogP) is 3.61. The third-order valence-electron chi connectivity index (χ3n) is 4.60. The molecule has 0 aliphatic carbocycles. The van der Waals surface area contributed by atoms with E-state index in [1.54, 1.807) is 0 Å². The third-order valence-corrected chi connectivity index (χ3v) is 4.60. The molecule has 1 fully saturated rings. The SMILES string of the molecule is CC.CC.CN1CC2(CCN(CC(=O)O)CC2)c2ccccc21. The molecule has 4 nitrogen and oxygen atoms in total. The summed E-state index contributed by atoms with van der Waals surface area (Å²) in [7, 11) is 2.15. The highest BCUT2D eigenvalue weighted by Crippen LogP contribution is 2.46. The van der Waals surface area contributed by atoms with E-state index >= 15 is 0 Å². The molecule has 1 aromatic carbocycles. The lowest BCUT2D eigenvalue weighted by Gasteiger charge is -2.39. The Labute approximate surface area is 141 Å². The number of para-hydroxylation sites is 1. The molecule has 2 aliphatic heterocycles. The summed E-state index contributed by atoms with van der Waals surface area (Å²) in [6, 6.07) is 8.64. The lowest BCUT2D eigenvalue weighted by Crippen LogP contribution is -2.46. The molecule has 1 saturated heterocycles. The van der Waals surface area contributed by atoms with Crippen molar-refractivity contribution in [2.24, 2.45) is 0 Å². The third kappa shape index (κ3) is 4.25. The number of nitrogens with zero attached hydrogens (tertiary/aromatic N) is 2. The summed E-state index contributed by atoms with van der Waals surface area (Å²) in [6.07, 6.45) is 2.11. The van der Waals surface area contributed by atoms with Crippen LogP contribution in [0.5, 0.6) is 0 Å². The minimum Gasteiger partial charge on any atom is -0.480 e. The van der Waals surface area contributed by atoms with Crippen LogP contribution in [-0.2, 0) is 10.2 Å². The van der Waals surface area contributed by atoms with Crippen molar-refractivity contribution in [2.45, 2.75) is 46.0 Å². The molecule has 0 atom stereocenters. The number of anilines is 1. The Morgan fingerprint density at radius 1 is 1.13 bits per heavy atom. The zero-order chi connectivity index (χ0) is 17.5. The fourth-order valence-corrected chi connectivity index (χ4v) is 3.64. The van der Waals surface area contributed by atoms with Crippen molar-refractivity contribution in [1.29, 1.82) is 0 Å². The summed E-state index contributed by atoms with van der Waals surface area (Å²) in [6.45, 7) is 11.0. The van der Waals surface area contributed by atoms with E-state index in [0.717, 1.165) is 32.5 Å². The number of piperidine rings is 1. The summed E-state index contributed by atoms with van der Waals surface area (Å²) in [5.41, 5.74) is 3.03. The molecule has 23 heavy (non-hydrogen) atoms. The maximum Gasteiger partial charge on any atom is 0.317 e. The smallest absolute Gasteiger partial charge is 0.317 e. The van der Waals surface area contributed by atoms with Gasteiger partial charge in [0.05, 0.1) is 6.54 Å². The average molecular weight is 320 g/mol. The first-order chi connectivity index (χ1) is 11.1. The van der Waals surface area contributed by atoms with E-state index in [9.17, 15) is 4.79 Å². The van der Waals surface area contributed by atoms with Crippen molar-refractivity contribution in [2.75, 3.05) is 38.1 Å². The molecule has 0 saturated carbocycles. The Morgan fingerprint density at radius 3 is 2.26 bits per heavy atom. The first-order valence-corrected chi connectivity index (χ1v) is 8.86. The van der Waals surface area contributed by atoms with Gasteiger partial charge >= 0.3 is 5.97 Å². The van der Waals surface area contributed by atoms with Crippen LogP contribution in [0.4, 0.5) is 5.69 Å². The van der Waals surface area contributed by atoms with Crippen molar-refractivity contribution in [3.05, 3.63) is 29.8 Å². The summed E-state index contributed by atoms with van der Waals surface area (Å²) in [5, 5.41) is 8.87. The van der Waals surface area contributed by atoms with Crippen LogP contribution in [0, 0.1) is 0 Å². The summed E-state index contributed by atoms with van der Waals surface area (Å²) >= 11 is 0. The molecule has 0 radical (unpaired) electrons. The van der Waals surface area contributed by atoms with Crippen molar-refractivity contribution in [3.63, 3.8) is 0 Å². The van der Waals surface area contributed by atoms with Gasteiger partial charge in [0, 0.05) is 24.7 Å². The minimum absolute atomic E-state index is 0.174. The van der Waals surface area contributed by atoms with Crippen LogP contribution in [-0.4, -0.2) is 49.2 Å². The van der Waals surface area contributed by atoms with Crippen LogP contribution in [0.25, 0.3) is 0 Å². The van der Waals surface area contributed by atoms with Gasteiger partial charge in [0.2, 0.25) is 0 Å². The predicted molar refractivity (Wildman–Crippen MR) is 97.4 cm³/mol. The van der Waals surface area contributed by atoms with Gasteiger partial charge < -0.3 is 10.0 Å². The highest BCUT2D eigenvalue weighted by molar-refractivity contribution is 5.69. The van der Waals surface area contributed by atoms with Gasteiger partial charge in [-0.1, -0.05) is 45.9 Å². The second-order valence-corrected chi connectivity index (χ2v) is 5.82. The van der Waals surface area contributed by atoms with Crippen molar-refractivity contribution in [3.8, 4) is 0 Å². The van der Waals surface area contributed by atoms with Gasteiger partial charge in [-0.25, -0.2) is 0 Å². The summed E-state index contributed by atoms with van der Waals surface area (Å²) < 4.78 is 0. The molecule has 0 unspecified atom stereocenters. The minimum atomic E-state index is -0.722. The van der Waals surface area contributed by atoms with E-state index in [1.807, 2.05) is 27.7 Å². The van der Waals surface area contributed by atoms with E-state index in [0.29, 0.717) is 0 Å². The van der Waals surface area contributed by atoms with Gasteiger partial charge in [0.25, 0.3) is 0 Å². The highest BCUT2D eigenvalue weighted by atomic mass is 16.4. The quantitative estimate of drug-likeness (QED) is 0.904. The standard InChI is InChI=1S/C15H20N2O2.2C2H6/c1-16-11-15(12-4-2-3-5-13(12)16)6-8-17(9-7-15)10-14(18)19;2*1-2/h2-5H,6-11H2,1H3,(H,18,19);2*1-2H3. The van der Waals surface area contributed by atoms with E-state index < -0.39 is 5.97 Å². The second kappa shape index (κ2) is 8.92. The molecule has 2 aliphatic rings. The fraction of sp³-hybridized carbons (Fsp3) is 0.632. The van der Waals surface area contributed by atoms with Gasteiger partial charge in [0.1, 0.15) is 0 Å². The van der Waals surface area contributed by atoms with Crippen LogP contribution in [0.2, 0.25) is 0 Å². The lowest BCUT2D eigenvalue weighted by atomic mass is 9.74. The Balaban J connectivity index is 0.000000615. The number of fused-ring (bicyclic) bond motifs is 2. The van der Waals surface area contributed by atoms with Gasteiger partial charge in [-0.05, 0) is 37.6 Å². The molecule has 0 bridgehead atoms. The zero-order valence-electron chi connectivity index (χ0n) is 15.3. The molecule has 130 valence electrons. The maximum absolute atomic E-state index is 10.8. The molecule has 0 aromatic heterocycles. The van der Waals surface area contributed by atoms with Gasteiger partial charge in [-0.3, -0.25) is 9.69 Å². The zero-order valence-corrected chi connectivity index (χ0v) is 15.3. The second-order valence-electron chi connectivity index (χ2n) is 5.82. The summed E-state index contributed by atoms with van der Waals surface area (Å²) in [4.78, 5) is 15.2. The molecule has 1 aromatic rings. The lowest BCUT2D eigenvalue weighted by molar-refractivity contribution is -0.138. The molecule has 1 spiro atoms. The van der Waals surface area contributed by atoms with Crippen LogP contribution in [0.1, 0.15) is 46.1 Å². The fourth-order valence-electron chi connectivity index (χ4n) is 3.64. The number of carboxylic acids is 1. The number of hydrogen-bond donors (Lipinski definition) is 1. The Hall–Kier alpha value is -1.55. The van der Waals surface area contributed by atoms with Gasteiger partial charge in [-0.2, -0.15) is 0 Å². The van der Waals surface area contributed by atoms with Crippen LogP contribution >= 0.6 is 0 Å². The molecular weight excluding hydrogens is 288 g/mol. The van der Waals surface area contributed by atoms with Gasteiger partial charge in [0.15, 0.2) is 0 Å². The van der Waals surface area contributed by atoms with Crippen LogP contribution in [0.3, 0.4) is 0 Å². The Bertz CT molecular complexity index is 494. The first kappa shape index (κ1) is 19.5. The van der Waals surface area contributed by atoms with Gasteiger partial charge in [-0.15, -0.1) is 0 Å². The topological polar surface area (TPSA) is 43.8 Å². The first-order valence-electron chi connectivity index (χ1n) is 8.86. The number of likely N-dealkylation sites (N-methyl/N-ethyl adjacent to an activating group) is 1. The van der Waals surface area contributed by atoms with E-state index in [-0.39, 0.29) is 12.0 Å². The van der Waals surface area contributed by atoms with Crippen molar-refractivity contribution in [1.82, 2.24) is 4.90 Å². The van der Waals surface area contributed by atoms with Crippen molar-refractivity contribution >= 4 is 11.7 Å². The largest absolute Gasteiger partial charge is 0.480 e. The van der Waals surface area contributed by atoms with Crippen LogP contribution in [0.15, 0.2) is 24.3 Å².